The van der Waals surface area contributed by atoms with Gasteiger partial charge in [0.2, 0.25) is 0 Å². The van der Waals surface area contributed by atoms with Crippen molar-refractivity contribution in [3.05, 3.63) is 89.6 Å². The predicted molar refractivity (Wildman–Crippen MR) is 140 cm³/mol. The van der Waals surface area contributed by atoms with Crippen LogP contribution in [0.25, 0.3) is 16.9 Å². The van der Waals surface area contributed by atoms with Crippen LogP contribution in [0.2, 0.25) is 0 Å². The van der Waals surface area contributed by atoms with Gasteiger partial charge < -0.3 is 20.5 Å². The van der Waals surface area contributed by atoms with Gasteiger partial charge in [-0.15, -0.1) is 0 Å². The van der Waals surface area contributed by atoms with Crippen LogP contribution in [-0.4, -0.2) is 51.5 Å². The molecule has 4 aromatic rings. The second-order valence-corrected chi connectivity index (χ2v) is 8.53. The van der Waals surface area contributed by atoms with E-state index in [0.717, 1.165) is 16.7 Å². The van der Waals surface area contributed by atoms with Crippen LogP contribution in [0, 0.1) is 6.92 Å². The molecule has 0 bridgehead atoms. The zero-order valence-electron chi connectivity index (χ0n) is 20.6. The molecular weight excluding hydrogens is 472 g/mol. The molecule has 0 spiro atoms. The number of carbonyl (C=O) groups is 3. The van der Waals surface area contributed by atoms with Crippen molar-refractivity contribution in [1.29, 1.82) is 0 Å². The Morgan fingerprint density at radius 3 is 2.46 bits per heavy atom. The molecule has 9 nitrogen and oxygen atoms in total. The van der Waals surface area contributed by atoms with Gasteiger partial charge in [0.25, 0.3) is 5.91 Å². The van der Waals surface area contributed by atoms with E-state index >= 15 is 0 Å². The van der Waals surface area contributed by atoms with Gasteiger partial charge >= 0.3 is 11.9 Å². The lowest BCUT2D eigenvalue weighted by Crippen LogP contribution is -2.42. The molecule has 2 aromatic heterocycles. The highest BCUT2D eigenvalue weighted by Gasteiger charge is 2.22. The molecule has 1 atom stereocenters. The van der Waals surface area contributed by atoms with Gasteiger partial charge in [0.15, 0.2) is 0 Å². The Labute approximate surface area is 214 Å². The molecule has 0 radical (unpaired) electrons. The number of amides is 1. The van der Waals surface area contributed by atoms with Crippen molar-refractivity contribution in [2.45, 2.75) is 26.3 Å². The lowest BCUT2D eigenvalue weighted by molar-refractivity contribution is -0.141. The van der Waals surface area contributed by atoms with Crippen LogP contribution >= 0.6 is 0 Å². The Morgan fingerprint density at radius 2 is 1.78 bits per heavy atom. The van der Waals surface area contributed by atoms with Gasteiger partial charge in [-0.3, -0.25) is 14.0 Å². The summed E-state index contributed by atoms with van der Waals surface area (Å²) in [5, 5.41) is 15.4. The number of pyridine rings is 1. The number of nitrogens with zero attached hydrogens (tertiary/aromatic N) is 2. The van der Waals surface area contributed by atoms with Crippen molar-refractivity contribution in [3.63, 3.8) is 0 Å². The first kappa shape index (κ1) is 25.4. The molecule has 0 saturated heterocycles. The molecule has 2 aromatic carbocycles. The first-order valence-corrected chi connectivity index (χ1v) is 11.9. The summed E-state index contributed by atoms with van der Waals surface area (Å²) in [5.41, 5.74) is 4.07. The van der Waals surface area contributed by atoms with Gasteiger partial charge in [0.1, 0.15) is 29.7 Å². The number of carbonyl (C=O) groups excluding carboxylic acids is 2. The molecule has 0 fully saturated rings. The number of aromatic nitrogens is 2. The Morgan fingerprint density at radius 1 is 1.05 bits per heavy atom. The molecule has 1 amide bonds. The Bertz CT molecular complexity index is 1410. The van der Waals surface area contributed by atoms with Gasteiger partial charge in [-0.25, -0.2) is 9.78 Å². The van der Waals surface area contributed by atoms with E-state index in [1.165, 1.54) is 0 Å². The second-order valence-electron chi connectivity index (χ2n) is 8.53. The summed E-state index contributed by atoms with van der Waals surface area (Å²) in [5.74, 6) is -1.47. The number of aryl methyl sites for hydroxylation is 1. The monoisotopic (exact) mass is 500 g/mol. The van der Waals surface area contributed by atoms with Crippen LogP contribution in [0.1, 0.15) is 28.4 Å². The van der Waals surface area contributed by atoms with Gasteiger partial charge in [0, 0.05) is 23.7 Å². The molecule has 3 N–H and O–H groups in total. The van der Waals surface area contributed by atoms with E-state index in [4.69, 9.17) is 9.72 Å². The van der Waals surface area contributed by atoms with E-state index in [1.807, 2.05) is 61.5 Å². The smallest absolute Gasteiger partial charge is 0.326 e. The van der Waals surface area contributed by atoms with E-state index in [9.17, 15) is 19.5 Å². The van der Waals surface area contributed by atoms with E-state index in [1.54, 1.807) is 29.7 Å². The van der Waals surface area contributed by atoms with Crippen LogP contribution in [-0.2, 0) is 20.7 Å². The average molecular weight is 501 g/mol. The quantitative estimate of drug-likeness (QED) is 0.284. The minimum atomic E-state index is -1.12. The molecule has 0 saturated carbocycles. The fourth-order valence-electron chi connectivity index (χ4n) is 3.93. The molecule has 4 rings (SSSR count). The molecular formula is C28H28N4O5. The molecule has 190 valence electrons. The number of ether oxygens (including phenoxy) is 1. The van der Waals surface area contributed by atoms with Crippen molar-refractivity contribution >= 4 is 29.3 Å². The van der Waals surface area contributed by atoms with Gasteiger partial charge in [0.05, 0.1) is 6.61 Å². The number of hydrogen-bond acceptors (Lipinski definition) is 6. The number of benzene rings is 2. The predicted octanol–water partition coefficient (Wildman–Crippen LogP) is 3.71. The molecule has 0 aliphatic heterocycles. The van der Waals surface area contributed by atoms with Crippen LogP contribution in [0.3, 0.4) is 0 Å². The summed E-state index contributed by atoms with van der Waals surface area (Å²) < 4.78 is 6.77. The summed E-state index contributed by atoms with van der Waals surface area (Å²) in [6, 6.07) is 19.0. The fraction of sp³-hybridized carbons (Fsp3) is 0.214. The minimum Gasteiger partial charge on any atom is -0.480 e. The summed E-state index contributed by atoms with van der Waals surface area (Å²) in [7, 11) is 0. The Kier molecular flexibility index (Phi) is 7.83. The molecule has 0 aliphatic rings. The van der Waals surface area contributed by atoms with E-state index in [-0.39, 0.29) is 25.1 Å². The summed E-state index contributed by atoms with van der Waals surface area (Å²) in [6.45, 7) is 3.95. The SMILES string of the molecule is CCOC(=O)CNc1c(-c2ccc(C)cc2)nc2cc(C(=O)NC(Cc3ccccc3)C(=O)O)ccn12. The highest BCUT2D eigenvalue weighted by Crippen LogP contribution is 2.29. The molecule has 37 heavy (non-hydrogen) atoms. The van der Waals surface area contributed by atoms with Crippen molar-refractivity contribution in [3.8, 4) is 11.3 Å². The van der Waals surface area contributed by atoms with Gasteiger partial charge in [-0.2, -0.15) is 0 Å². The Balaban J connectivity index is 1.63. The van der Waals surface area contributed by atoms with Crippen LogP contribution in [0.4, 0.5) is 5.82 Å². The summed E-state index contributed by atoms with van der Waals surface area (Å²) in [6.07, 6.45) is 1.82. The molecule has 2 heterocycles. The highest BCUT2D eigenvalue weighted by molar-refractivity contribution is 5.97. The lowest BCUT2D eigenvalue weighted by atomic mass is 10.1. The number of imidazole rings is 1. The van der Waals surface area contributed by atoms with Crippen LogP contribution in [0.15, 0.2) is 72.9 Å². The first-order chi connectivity index (χ1) is 17.9. The zero-order chi connectivity index (χ0) is 26.4. The number of nitrogens with one attached hydrogen (secondary N) is 2. The zero-order valence-corrected chi connectivity index (χ0v) is 20.6. The largest absolute Gasteiger partial charge is 0.480 e. The number of hydrogen-bond donors (Lipinski definition) is 3. The molecule has 9 heteroatoms. The van der Waals surface area contributed by atoms with E-state index < -0.39 is 23.9 Å². The number of anilines is 1. The number of rotatable bonds is 10. The number of carboxylic acid groups (broad SMARTS) is 1. The molecule has 1 unspecified atom stereocenters. The third-order valence-corrected chi connectivity index (χ3v) is 5.80. The van der Waals surface area contributed by atoms with Crippen molar-refractivity contribution in [1.82, 2.24) is 14.7 Å². The van der Waals surface area contributed by atoms with Gasteiger partial charge in [-0.1, -0.05) is 60.2 Å². The normalized spacial score (nSPS) is 11.6. The standard InChI is InChI=1S/C28H28N4O5/c1-3-37-24(33)17-29-26-25(20-11-9-18(2)10-12-20)31-23-16-21(13-14-32(23)26)27(34)30-22(28(35)36)15-19-7-5-4-6-8-19/h4-14,16,22,29H,3,15,17H2,1-2H3,(H,30,34)(H,35,36). The maximum Gasteiger partial charge on any atom is 0.326 e. The topological polar surface area (TPSA) is 122 Å². The van der Waals surface area contributed by atoms with Gasteiger partial charge in [-0.05, 0) is 31.5 Å². The lowest BCUT2D eigenvalue weighted by Gasteiger charge is -2.15. The molecule has 0 aliphatic carbocycles. The second kappa shape index (κ2) is 11.4. The Hall–Kier alpha value is -4.66. The van der Waals surface area contributed by atoms with Crippen molar-refractivity contribution in [2.75, 3.05) is 18.5 Å². The van der Waals surface area contributed by atoms with Crippen molar-refractivity contribution in [2.24, 2.45) is 0 Å². The van der Waals surface area contributed by atoms with E-state index in [2.05, 4.69) is 10.6 Å². The third-order valence-electron chi connectivity index (χ3n) is 5.80. The highest BCUT2D eigenvalue weighted by atomic mass is 16.5. The van der Waals surface area contributed by atoms with Crippen LogP contribution in [0.5, 0.6) is 0 Å². The third kappa shape index (κ3) is 6.13. The van der Waals surface area contributed by atoms with Crippen molar-refractivity contribution < 1.29 is 24.2 Å². The maximum absolute atomic E-state index is 13.0. The maximum atomic E-state index is 13.0. The average Bonchev–Trinajstić information content (AvgIpc) is 3.26. The minimum absolute atomic E-state index is 0.0531. The number of fused-ring (bicyclic) bond motifs is 1. The first-order valence-electron chi connectivity index (χ1n) is 11.9. The van der Waals surface area contributed by atoms with E-state index in [0.29, 0.717) is 17.2 Å². The van der Waals surface area contributed by atoms with Crippen LogP contribution < -0.4 is 10.6 Å². The number of carboxylic acids is 1. The number of esters is 1. The number of aliphatic carboxylic acids is 1. The fourth-order valence-corrected chi connectivity index (χ4v) is 3.93. The summed E-state index contributed by atoms with van der Waals surface area (Å²) >= 11 is 0. The summed E-state index contributed by atoms with van der Waals surface area (Å²) in [4.78, 5) is 41.5.